The molecule has 0 radical (unpaired) electrons. The Bertz CT molecular complexity index is 191. The van der Waals surface area contributed by atoms with Crippen LogP contribution in [0.25, 0.3) is 0 Å². The highest BCUT2D eigenvalue weighted by Gasteiger charge is 2.25. The predicted octanol–water partition coefficient (Wildman–Crippen LogP) is 1.78. The molecule has 0 heterocycles. The highest BCUT2D eigenvalue weighted by atomic mass is 16.3. The minimum atomic E-state index is -0.678. The van der Waals surface area contributed by atoms with Crippen LogP contribution in [0, 0.1) is 18.3 Å². The Hall–Kier alpha value is -0.520. The molecule has 0 aliphatic rings. The van der Waals surface area contributed by atoms with Gasteiger partial charge in [0.1, 0.15) is 0 Å². The van der Waals surface area contributed by atoms with Gasteiger partial charge in [0.15, 0.2) is 0 Å². The molecule has 0 rings (SSSR count). The zero-order valence-corrected chi connectivity index (χ0v) is 9.80. The highest BCUT2D eigenvalue weighted by molar-refractivity contribution is 4.99. The number of nitrogens with one attached hydrogen (secondary N) is 1. The molecule has 0 amide bonds. The molecular weight excluding hydrogens is 174 g/mol. The zero-order chi connectivity index (χ0) is 11.2. The third kappa shape index (κ3) is 4.64. The fourth-order valence-electron chi connectivity index (χ4n) is 1.07. The molecule has 0 fully saturated rings. The van der Waals surface area contributed by atoms with E-state index in [2.05, 4.69) is 18.2 Å². The molecule has 0 aromatic heterocycles. The van der Waals surface area contributed by atoms with Gasteiger partial charge in [-0.2, -0.15) is 0 Å². The van der Waals surface area contributed by atoms with Crippen LogP contribution in [0.4, 0.5) is 0 Å². The van der Waals surface area contributed by atoms with Gasteiger partial charge in [-0.05, 0) is 19.3 Å². The zero-order valence-electron chi connectivity index (χ0n) is 9.80. The monoisotopic (exact) mass is 197 g/mol. The van der Waals surface area contributed by atoms with E-state index in [0.717, 1.165) is 12.8 Å². The largest absolute Gasteiger partial charge is 0.389 e. The van der Waals surface area contributed by atoms with Crippen LogP contribution in [0.15, 0.2) is 0 Å². The fourth-order valence-corrected chi connectivity index (χ4v) is 1.07. The topological polar surface area (TPSA) is 32.3 Å². The molecule has 0 aromatic rings. The van der Waals surface area contributed by atoms with Gasteiger partial charge in [0.2, 0.25) is 0 Å². The van der Waals surface area contributed by atoms with Crippen LogP contribution in [0.1, 0.15) is 40.5 Å². The number of terminal acetylenes is 1. The first kappa shape index (κ1) is 13.5. The van der Waals surface area contributed by atoms with Gasteiger partial charge >= 0.3 is 0 Å². The fraction of sp³-hybridized carbons (Fsp3) is 0.833. The smallest absolute Gasteiger partial charge is 0.0766 e. The maximum Gasteiger partial charge on any atom is 0.0766 e. The lowest BCUT2D eigenvalue weighted by Crippen LogP contribution is -2.45. The molecule has 14 heavy (non-hydrogen) atoms. The van der Waals surface area contributed by atoms with Crippen LogP contribution in [-0.4, -0.2) is 23.3 Å². The lowest BCUT2D eigenvalue weighted by Gasteiger charge is -2.29. The van der Waals surface area contributed by atoms with E-state index in [4.69, 9.17) is 6.42 Å². The van der Waals surface area contributed by atoms with Crippen molar-refractivity contribution in [2.45, 2.75) is 52.2 Å². The summed E-state index contributed by atoms with van der Waals surface area (Å²) in [7, 11) is 0. The first-order chi connectivity index (χ1) is 6.44. The van der Waals surface area contributed by atoms with Crippen LogP contribution in [-0.2, 0) is 0 Å². The SMILES string of the molecule is C#CC(CCC)NCC(C)(O)C(C)C. The lowest BCUT2D eigenvalue weighted by molar-refractivity contribution is 0.0129. The molecule has 2 atom stereocenters. The summed E-state index contributed by atoms with van der Waals surface area (Å²) in [5, 5.41) is 13.2. The minimum Gasteiger partial charge on any atom is -0.389 e. The summed E-state index contributed by atoms with van der Waals surface area (Å²) in [6.07, 6.45) is 7.39. The van der Waals surface area contributed by atoms with Crippen molar-refractivity contribution in [3.05, 3.63) is 0 Å². The normalized spacial score (nSPS) is 17.5. The summed E-state index contributed by atoms with van der Waals surface area (Å²) < 4.78 is 0. The summed E-state index contributed by atoms with van der Waals surface area (Å²) in [6.45, 7) is 8.51. The molecular formula is C12H23NO. The van der Waals surface area contributed by atoms with Crippen molar-refractivity contribution in [2.75, 3.05) is 6.54 Å². The van der Waals surface area contributed by atoms with Gasteiger partial charge in [0.05, 0.1) is 11.6 Å². The molecule has 0 spiro atoms. The molecule has 2 nitrogen and oxygen atoms in total. The number of hydrogen-bond acceptors (Lipinski definition) is 2. The van der Waals surface area contributed by atoms with Crippen LogP contribution in [0.2, 0.25) is 0 Å². The summed E-state index contributed by atoms with van der Waals surface area (Å²) in [4.78, 5) is 0. The van der Waals surface area contributed by atoms with Crippen molar-refractivity contribution >= 4 is 0 Å². The molecule has 0 bridgehead atoms. The Labute approximate surface area is 88.1 Å². The molecule has 2 unspecified atom stereocenters. The molecule has 0 saturated heterocycles. The van der Waals surface area contributed by atoms with Crippen molar-refractivity contribution in [2.24, 2.45) is 5.92 Å². The maximum absolute atomic E-state index is 9.97. The van der Waals surface area contributed by atoms with Gasteiger partial charge in [0, 0.05) is 6.54 Å². The first-order valence-corrected chi connectivity index (χ1v) is 5.36. The quantitative estimate of drug-likeness (QED) is 0.636. The van der Waals surface area contributed by atoms with E-state index in [1.165, 1.54) is 0 Å². The lowest BCUT2D eigenvalue weighted by atomic mass is 9.92. The molecule has 2 heteroatoms. The van der Waals surface area contributed by atoms with Crippen LogP contribution >= 0.6 is 0 Å². The Morgan fingerprint density at radius 2 is 2.07 bits per heavy atom. The van der Waals surface area contributed by atoms with Crippen molar-refractivity contribution in [3.8, 4) is 12.3 Å². The van der Waals surface area contributed by atoms with Crippen LogP contribution in [0.5, 0.6) is 0 Å². The molecule has 0 aliphatic heterocycles. The van der Waals surface area contributed by atoms with Gasteiger partial charge in [-0.1, -0.05) is 33.1 Å². The summed E-state index contributed by atoms with van der Waals surface area (Å²) >= 11 is 0. The molecule has 82 valence electrons. The van der Waals surface area contributed by atoms with E-state index >= 15 is 0 Å². The van der Waals surface area contributed by atoms with Crippen LogP contribution in [0.3, 0.4) is 0 Å². The van der Waals surface area contributed by atoms with Gasteiger partial charge in [-0.3, -0.25) is 0 Å². The van der Waals surface area contributed by atoms with Gasteiger partial charge in [-0.15, -0.1) is 6.42 Å². The summed E-state index contributed by atoms with van der Waals surface area (Å²) in [5.41, 5.74) is -0.678. The third-order valence-corrected chi connectivity index (χ3v) is 2.73. The molecule has 0 aromatic carbocycles. The molecule has 0 saturated carbocycles. The van der Waals surface area contributed by atoms with E-state index in [1.54, 1.807) is 0 Å². The number of rotatable bonds is 6. The van der Waals surface area contributed by atoms with Gasteiger partial charge in [-0.25, -0.2) is 0 Å². The number of hydrogen-bond donors (Lipinski definition) is 2. The Morgan fingerprint density at radius 3 is 2.43 bits per heavy atom. The minimum absolute atomic E-state index is 0.0882. The van der Waals surface area contributed by atoms with Gasteiger partial charge < -0.3 is 10.4 Å². The van der Waals surface area contributed by atoms with E-state index < -0.39 is 5.60 Å². The average molecular weight is 197 g/mol. The standard InChI is InChI=1S/C12H23NO/c1-6-8-11(7-2)13-9-12(5,14)10(3)4/h2,10-11,13-14H,6,8-9H2,1,3-5H3. The van der Waals surface area contributed by atoms with Gasteiger partial charge in [0.25, 0.3) is 0 Å². The highest BCUT2D eigenvalue weighted by Crippen LogP contribution is 2.14. The van der Waals surface area contributed by atoms with Crippen molar-refractivity contribution < 1.29 is 5.11 Å². The molecule has 0 aliphatic carbocycles. The van der Waals surface area contributed by atoms with E-state index in [0.29, 0.717) is 6.54 Å². The van der Waals surface area contributed by atoms with Crippen molar-refractivity contribution in [3.63, 3.8) is 0 Å². The number of aliphatic hydroxyl groups is 1. The Balaban J connectivity index is 3.97. The second-order valence-corrected chi connectivity index (χ2v) is 4.40. The predicted molar refractivity (Wildman–Crippen MR) is 61.0 cm³/mol. The molecule has 2 N–H and O–H groups in total. The van der Waals surface area contributed by atoms with Crippen LogP contribution < -0.4 is 5.32 Å². The average Bonchev–Trinajstić information content (AvgIpc) is 2.12. The van der Waals surface area contributed by atoms with E-state index in [-0.39, 0.29) is 12.0 Å². The maximum atomic E-state index is 9.97. The van der Waals surface area contributed by atoms with E-state index in [9.17, 15) is 5.11 Å². The Kier molecular flexibility index (Phi) is 5.83. The third-order valence-electron chi connectivity index (χ3n) is 2.73. The Morgan fingerprint density at radius 1 is 1.50 bits per heavy atom. The second-order valence-electron chi connectivity index (χ2n) is 4.40. The van der Waals surface area contributed by atoms with E-state index in [1.807, 2.05) is 20.8 Å². The van der Waals surface area contributed by atoms with Crippen molar-refractivity contribution in [1.29, 1.82) is 0 Å². The first-order valence-electron chi connectivity index (χ1n) is 5.36. The summed E-state index contributed by atoms with van der Waals surface area (Å²) in [6, 6.07) is 0.0882. The summed E-state index contributed by atoms with van der Waals surface area (Å²) in [5.74, 6) is 2.92. The second kappa shape index (κ2) is 6.06. The van der Waals surface area contributed by atoms with Crippen molar-refractivity contribution in [1.82, 2.24) is 5.32 Å².